The van der Waals surface area contributed by atoms with Crippen molar-refractivity contribution in [1.82, 2.24) is 0 Å². The molecule has 1 rings (SSSR count). The van der Waals surface area contributed by atoms with E-state index in [2.05, 4.69) is 11.2 Å². The maximum atomic E-state index is 13.4. The van der Waals surface area contributed by atoms with Gasteiger partial charge in [-0.05, 0) is 25.0 Å². The fourth-order valence-corrected chi connectivity index (χ4v) is 1.43. The number of nitrogens with one attached hydrogen (secondary N) is 1. The largest absolute Gasteiger partial charge is 0.478 e. The lowest BCUT2D eigenvalue weighted by atomic mass is 10.1. The van der Waals surface area contributed by atoms with Crippen LogP contribution in [0.1, 0.15) is 29.6 Å². The molecule has 0 atom stereocenters. The van der Waals surface area contributed by atoms with E-state index in [4.69, 9.17) is 11.5 Å². The highest BCUT2D eigenvalue weighted by Gasteiger charge is 2.13. The third-order valence-corrected chi connectivity index (χ3v) is 2.34. The van der Waals surface area contributed by atoms with Gasteiger partial charge in [-0.25, -0.2) is 13.6 Å². The summed E-state index contributed by atoms with van der Waals surface area (Å²) in [6, 6.07) is 1.57. The topological polar surface area (TPSA) is 49.3 Å². The number of carboxylic acids is 1. The van der Waals surface area contributed by atoms with E-state index in [-0.39, 0.29) is 5.69 Å². The smallest absolute Gasteiger partial charge is 0.335 e. The van der Waals surface area contributed by atoms with Crippen LogP contribution in [0, 0.1) is 24.0 Å². The lowest BCUT2D eigenvalue weighted by Gasteiger charge is -2.09. The van der Waals surface area contributed by atoms with Gasteiger partial charge < -0.3 is 10.4 Å². The van der Waals surface area contributed by atoms with Crippen molar-refractivity contribution in [3.8, 4) is 12.3 Å². The van der Waals surface area contributed by atoms with Crippen molar-refractivity contribution >= 4 is 11.7 Å². The zero-order valence-corrected chi connectivity index (χ0v) is 9.67. The summed E-state index contributed by atoms with van der Waals surface area (Å²) >= 11 is 0. The molecule has 0 aliphatic heterocycles. The maximum Gasteiger partial charge on any atom is 0.335 e. The molecule has 96 valence electrons. The Hall–Kier alpha value is -2.09. The van der Waals surface area contributed by atoms with E-state index in [1.807, 2.05) is 0 Å². The van der Waals surface area contributed by atoms with Gasteiger partial charge in [0.1, 0.15) is 17.3 Å². The summed E-state index contributed by atoms with van der Waals surface area (Å²) < 4.78 is 26.9. The van der Waals surface area contributed by atoms with Crippen molar-refractivity contribution in [3.05, 3.63) is 29.3 Å². The Morgan fingerprint density at radius 3 is 2.44 bits per heavy atom. The highest BCUT2D eigenvalue weighted by atomic mass is 19.1. The molecule has 0 saturated carbocycles. The monoisotopic (exact) mass is 253 g/mol. The predicted molar refractivity (Wildman–Crippen MR) is 64.5 cm³/mol. The molecule has 0 unspecified atom stereocenters. The van der Waals surface area contributed by atoms with Gasteiger partial charge in [-0.15, -0.1) is 12.3 Å². The van der Waals surface area contributed by atoms with Gasteiger partial charge in [0.2, 0.25) is 0 Å². The van der Waals surface area contributed by atoms with Gasteiger partial charge in [0.15, 0.2) is 0 Å². The maximum absolute atomic E-state index is 13.4. The Morgan fingerprint density at radius 2 is 1.94 bits per heavy atom. The van der Waals surface area contributed by atoms with Crippen LogP contribution in [0.15, 0.2) is 12.1 Å². The first kappa shape index (κ1) is 14.0. The van der Waals surface area contributed by atoms with Crippen LogP contribution < -0.4 is 5.32 Å². The van der Waals surface area contributed by atoms with E-state index < -0.39 is 23.2 Å². The summed E-state index contributed by atoms with van der Waals surface area (Å²) in [6.45, 7) is 0.377. The van der Waals surface area contributed by atoms with Crippen molar-refractivity contribution in [1.29, 1.82) is 0 Å². The highest BCUT2D eigenvalue weighted by molar-refractivity contribution is 5.88. The van der Waals surface area contributed by atoms with E-state index in [0.717, 1.165) is 18.6 Å². The molecule has 5 heteroatoms. The molecule has 0 amide bonds. The molecule has 0 aliphatic carbocycles. The van der Waals surface area contributed by atoms with E-state index in [1.165, 1.54) is 0 Å². The van der Waals surface area contributed by atoms with Crippen molar-refractivity contribution in [2.75, 3.05) is 11.9 Å². The molecule has 0 bridgehead atoms. The fourth-order valence-electron chi connectivity index (χ4n) is 1.43. The minimum atomic E-state index is -1.37. The van der Waals surface area contributed by atoms with Crippen molar-refractivity contribution in [2.24, 2.45) is 0 Å². The quantitative estimate of drug-likeness (QED) is 0.605. The van der Waals surface area contributed by atoms with Crippen molar-refractivity contribution < 1.29 is 18.7 Å². The van der Waals surface area contributed by atoms with Crippen LogP contribution in [-0.4, -0.2) is 17.6 Å². The van der Waals surface area contributed by atoms with Crippen LogP contribution in [-0.2, 0) is 0 Å². The number of rotatable bonds is 6. The van der Waals surface area contributed by atoms with Crippen LogP contribution in [0.5, 0.6) is 0 Å². The molecule has 0 radical (unpaired) electrons. The third kappa shape index (κ3) is 3.74. The molecule has 0 spiro atoms. The molecule has 0 aliphatic rings. The molecule has 2 N–H and O–H groups in total. The summed E-state index contributed by atoms with van der Waals surface area (Å²) in [7, 11) is 0. The standard InChI is InChI=1S/C13H13F2NO2/c1-2-3-4-5-6-16-12-10(14)7-9(13(17)18)8-11(12)15/h1,7-8,16H,3-6H2,(H,17,18). The van der Waals surface area contributed by atoms with Gasteiger partial charge in [0, 0.05) is 13.0 Å². The van der Waals surface area contributed by atoms with Gasteiger partial charge in [-0.1, -0.05) is 0 Å². The molecule has 0 heterocycles. The van der Waals surface area contributed by atoms with Gasteiger partial charge in [0.25, 0.3) is 0 Å². The average molecular weight is 253 g/mol. The molecule has 0 aromatic heterocycles. The van der Waals surface area contributed by atoms with Crippen molar-refractivity contribution in [3.63, 3.8) is 0 Å². The number of hydrogen-bond donors (Lipinski definition) is 2. The minimum Gasteiger partial charge on any atom is -0.478 e. The number of hydrogen-bond acceptors (Lipinski definition) is 2. The number of carbonyl (C=O) groups is 1. The molecule has 0 fully saturated rings. The minimum absolute atomic E-state index is 0.305. The van der Waals surface area contributed by atoms with E-state index in [9.17, 15) is 13.6 Å². The molecule has 3 nitrogen and oxygen atoms in total. The normalized spacial score (nSPS) is 9.83. The van der Waals surface area contributed by atoms with E-state index >= 15 is 0 Å². The fraction of sp³-hybridized carbons (Fsp3) is 0.308. The number of terminal acetylenes is 1. The highest BCUT2D eigenvalue weighted by Crippen LogP contribution is 2.21. The van der Waals surface area contributed by atoms with Crippen LogP contribution in [0.2, 0.25) is 0 Å². The second-order valence-electron chi connectivity index (χ2n) is 3.71. The first-order valence-electron chi connectivity index (χ1n) is 5.46. The first-order valence-corrected chi connectivity index (χ1v) is 5.46. The SMILES string of the molecule is C#CCCCCNc1c(F)cc(C(=O)O)cc1F. The number of halogens is 2. The summed E-state index contributed by atoms with van der Waals surface area (Å²) in [5.74, 6) is -0.725. The molecule has 18 heavy (non-hydrogen) atoms. The molecule has 0 saturated heterocycles. The van der Waals surface area contributed by atoms with Gasteiger partial charge >= 0.3 is 5.97 Å². The van der Waals surface area contributed by atoms with E-state index in [1.54, 1.807) is 0 Å². The number of aromatic carboxylic acids is 1. The Balaban J connectivity index is 2.67. The Bertz CT molecular complexity index is 457. The van der Waals surface area contributed by atoms with E-state index in [0.29, 0.717) is 19.4 Å². The Labute approximate surface area is 104 Å². The summed E-state index contributed by atoms with van der Waals surface area (Å²) in [5.41, 5.74) is -0.719. The second-order valence-corrected chi connectivity index (χ2v) is 3.71. The zero-order valence-electron chi connectivity index (χ0n) is 9.67. The molecule has 1 aromatic rings. The number of unbranched alkanes of at least 4 members (excludes halogenated alkanes) is 2. The summed E-state index contributed by atoms with van der Waals surface area (Å²) in [5, 5.41) is 11.2. The lowest BCUT2D eigenvalue weighted by Crippen LogP contribution is -2.08. The first-order chi connectivity index (χ1) is 8.56. The van der Waals surface area contributed by atoms with Gasteiger partial charge in [-0.2, -0.15) is 0 Å². The number of anilines is 1. The average Bonchev–Trinajstić information content (AvgIpc) is 2.31. The third-order valence-electron chi connectivity index (χ3n) is 2.34. The van der Waals surface area contributed by atoms with Crippen LogP contribution in [0.4, 0.5) is 14.5 Å². The van der Waals surface area contributed by atoms with Gasteiger partial charge in [-0.3, -0.25) is 0 Å². The van der Waals surface area contributed by atoms with Crippen LogP contribution in [0.25, 0.3) is 0 Å². The summed E-state index contributed by atoms with van der Waals surface area (Å²) in [4.78, 5) is 10.6. The number of benzene rings is 1. The zero-order chi connectivity index (χ0) is 13.5. The Morgan fingerprint density at radius 1 is 1.33 bits per heavy atom. The molecular weight excluding hydrogens is 240 g/mol. The number of carboxylic acid groups (broad SMARTS) is 1. The summed E-state index contributed by atoms with van der Waals surface area (Å²) in [6.07, 6.45) is 7.13. The predicted octanol–water partition coefficient (Wildman–Crippen LogP) is 2.88. The molecule has 1 aromatic carbocycles. The van der Waals surface area contributed by atoms with Crippen molar-refractivity contribution in [2.45, 2.75) is 19.3 Å². The molecular formula is C13H13F2NO2. The van der Waals surface area contributed by atoms with Crippen LogP contribution >= 0.6 is 0 Å². The Kier molecular flexibility index (Phi) is 5.12. The second kappa shape index (κ2) is 6.60. The van der Waals surface area contributed by atoms with Gasteiger partial charge in [0.05, 0.1) is 5.56 Å². The van der Waals surface area contributed by atoms with Crippen LogP contribution in [0.3, 0.4) is 0 Å². The lowest BCUT2D eigenvalue weighted by molar-refractivity contribution is 0.0696.